The summed E-state index contributed by atoms with van der Waals surface area (Å²) < 4.78 is 55.0. The van der Waals surface area contributed by atoms with Crippen LogP contribution in [0.15, 0.2) is 54.6 Å². The maximum Gasteiger partial charge on any atom is 0.389 e. The summed E-state index contributed by atoms with van der Waals surface area (Å²) in [7, 11) is 3.05. The predicted octanol–water partition coefficient (Wildman–Crippen LogP) is 5.99. The molecular formula is C22H21F3O3. The van der Waals surface area contributed by atoms with Gasteiger partial charge in [-0.2, -0.15) is 13.2 Å². The molecule has 148 valence electrons. The Balaban J connectivity index is 2.25. The first-order chi connectivity index (χ1) is 13.4. The van der Waals surface area contributed by atoms with Gasteiger partial charge in [0.2, 0.25) is 0 Å². The lowest BCUT2D eigenvalue weighted by molar-refractivity contribution is -0.133. The van der Waals surface area contributed by atoms with E-state index in [2.05, 4.69) is 0 Å². The third-order valence-electron chi connectivity index (χ3n) is 4.44. The van der Waals surface area contributed by atoms with Crippen LogP contribution in [0.1, 0.15) is 12.0 Å². The Morgan fingerprint density at radius 3 is 2.32 bits per heavy atom. The van der Waals surface area contributed by atoms with Gasteiger partial charge in [-0.05, 0) is 41.1 Å². The largest absolute Gasteiger partial charge is 0.497 e. The highest BCUT2D eigenvalue weighted by atomic mass is 19.4. The van der Waals surface area contributed by atoms with Gasteiger partial charge >= 0.3 is 6.18 Å². The molecule has 0 aliphatic heterocycles. The van der Waals surface area contributed by atoms with Gasteiger partial charge in [0.25, 0.3) is 0 Å². The highest BCUT2D eigenvalue weighted by Crippen LogP contribution is 2.42. The highest BCUT2D eigenvalue weighted by molar-refractivity contribution is 5.97. The van der Waals surface area contributed by atoms with Crippen molar-refractivity contribution >= 4 is 10.8 Å². The molecule has 0 bridgehead atoms. The van der Waals surface area contributed by atoms with Gasteiger partial charge in [0.05, 0.1) is 7.11 Å². The molecule has 0 fully saturated rings. The molecule has 0 saturated heterocycles. The molecule has 0 atom stereocenters. The van der Waals surface area contributed by atoms with Crippen LogP contribution < -0.4 is 9.47 Å². The molecule has 0 radical (unpaired) electrons. The first-order valence-electron chi connectivity index (χ1n) is 8.80. The molecule has 0 unspecified atom stereocenters. The van der Waals surface area contributed by atoms with E-state index in [1.54, 1.807) is 25.3 Å². The smallest absolute Gasteiger partial charge is 0.389 e. The molecule has 28 heavy (non-hydrogen) atoms. The van der Waals surface area contributed by atoms with Crippen molar-refractivity contribution in [1.29, 1.82) is 0 Å². The minimum Gasteiger partial charge on any atom is -0.497 e. The summed E-state index contributed by atoms with van der Waals surface area (Å²) in [6.07, 6.45) is -5.30. The van der Waals surface area contributed by atoms with Gasteiger partial charge < -0.3 is 14.2 Å². The number of halogens is 3. The molecule has 3 rings (SSSR count). The fourth-order valence-corrected chi connectivity index (χ4v) is 3.20. The zero-order valence-corrected chi connectivity index (χ0v) is 15.7. The standard InChI is InChI=1S/C22H21F3O3/c1-26-14-28-21-19-9-8-18(27-2)13-17(19)12-16(10-11-22(23,24)25)20(21)15-6-4-3-5-7-15/h3-9,12-13H,10-11,14H2,1-2H3. The van der Waals surface area contributed by atoms with Gasteiger partial charge in [0.15, 0.2) is 6.79 Å². The minimum absolute atomic E-state index is 0.0102. The van der Waals surface area contributed by atoms with E-state index in [-0.39, 0.29) is 13.2 Å². The number of benzene rings is 3. The van der Waals surface area contributed by atoms with E-state index in [0.717, 1.165) is 16.3 Å². The van der Waals surface area contributed by atoms with Crippen LogP contribution in [-0.4, -0.2) is 27.2 Å². The number of hydrogen-bond donors (Lipinski definition) is 0. The number of aryl methyl sites for hydroxylation is 1. The fraction of sp³-hybridized carbons (Fsp3) is 0.273. The summed E-state index contributed by atoms with van der Waals surface area (Å²) in [6, 6.07) is 16.5. The normalized spacial score (nSPS) is 11.6. The molecule has 0 N–H and O–H groups in total. The molecule has 0 aromatic heterocycles. The quantitative estimate of drug-likeness (QED) is 0.464. The molecule has 3 aromatic rings. The van der Waals surface area contributed by atoms with E-state index in [4.69, 9.17) is 14.2 Å². The molecule has 3 nitrogen and oxygen atoms in total. The van der Waals surface area contributed by atoms with Gasteiger partial charge in [-0.15, -0.1) is 0 Å². The number of ether oxygens (including phenoxy) is 3. The van der Waals surface area contributed by atoms with Gasteiger partial charge in [-0.3, -0.25) is 0 Å². The van der Waals surface area contributed by atoms with E-state index in [9.17, 15) is 13.2 Å². The predicted molar refractivity (Wildman–Crippen MR) is 103 cm³/mol. The van der Waals surface area contributed by atoms with Crippen molar-refractivity contribution < 1.29 is 27.4 Å². The zero-order chi connectivity index (χ0) is 20.1. The molecule has 0 aliphatic carbocycles. The van der Waals surface area contributed by atoms with Gasteiger partial charge in [0, 0.05) is 24.5 Å². The maximum absolute atomic E-state index is 12.9. The summed E-state index contributed by atoms with van der Waals surface area (Å²) in [6.45, 7) is -0.0102. The molecule has 3 aromatic carbocycles. The summed E-state index contributed by atoms with van der Waals surface area (Å²) in [5, 5.41) is 1.54. The molecule has 0 spiro atoms. The van der Waals surface area contributed by atoms with E-state index in [1.165, 1.54) is 7.11 Å². The van der Waals surface area contributed by atoms with Crippen LogP contribution in [0.3, 0.4) is 0 Å². The first kappa shape index (κ1) is 20.0. The van der Waals surface area contributed by atoms with Crippen molar-refractivity contribution in [3.8, 4) is 22.6 Å². The lowest BCUT2D eigenvalue weighted by Gasteiger charge is -2.19. The van der Waals surface area contributed by atoms with Crippen molar-refractivity contribution in [2.24, 2.45) is 0 Å². The summed E-state index contributed by atoms with van der Waals surface area (Å²) in [4.78, 5) is 0. The number of rotatable bonds is 7. The summed E-state index contributed by atoms with van der Waals surface area (Å²) >= 11 is 0. The zero-order valence-electron chi connectivity index (χ0n) is 15.7. The Hall–Kier alpha value is -2.73. The second-order valence-corrected chi connectivity index (χ2v) is 6.36. The molecule has 0 saturated carbocycles. The first-order valence-corrected chi connectivity index (χ1v) is 8.80. The highest BCUT2D eigenvalue weighted by Gasteiger charge is 2.28. The van der Waals surface area contributed by atoms with E-state index >= 15 is 0 Å². The van der Waals surface area contributed by atoms with Gasteiger partial charge in [0.1, 0.15) is 11.5 Å². The van der Waals surface area contributed by atoms with Crippen LogP contribution in [0.4, 0.5) is 13.2 Å². The lowest BCUT2D eigenvalue weighted by Crippen LogP contribution is -2.10. The molecule has 0 aliphatic rings. The maximum atomic E-state index is 12.9. The number of alkyl halides is 3. The number of hydrogen-bond acceptors (Lipinski definition) is 3. The van der Waals surface area contributed by atoms with Crippen LogP contribution in [0.25, 0.3) is 21.9 Å². The average Bonchev–Trinajstić information content (AvgIpc) is 2.69. The van der Waals surface area contributed by atoms with Crippen LogP contribution in [0, 0.1) is 0 Å². The summed E-state index contributed by atoms with van der Waals surface area (Å²) in [5.41, 5.74) is 2.01. The molecule has 0 amide bonds. The van der Waals surface area contributed by atoms with Gasteiger partial charge in [-0.25, -0.2) is 0 Å². The third kappa shape index (κ3) is 4.57. The van der Waals surface area contributed by atoms with Crippen LogP contribution >= 0.6 is 0 Å². The lowest BCUT2D eigenvalue weighted by atomic mass is 9.91. The van der Waals surface area contributed by atoms with Crippen molar-refractivity contribution in [2.75, 3.05) is 21.0 Å². The van der Waals surface area contributed by atoms with Crippen molar-refractivity contribution in [3.63, 3.8) is 0 Å². The number of methoxy groups -OCH3 is 2. The molecule has 0 heterocycles. The number of fused-ring (bicyclic) bond motifs is 1. The molecular weight excluding hydrogens is 369 g/mol. The minimum atomic E-state index is -4.25. The van der Waals surface area contributed by atoms with E-state index in [1.807, 2.05) is 36.4 Å². The Kier molecular flexibility index (Phi) is 6.09. The Bertz CT molecular complexity index is 937. The SMILES string of the molecule is COCOc1c(-c2ccccc2)c(CCC(F)(F)F)cc2cc(OC)ccc12. The third-order valence-corrected chi connectivity index (χ3v) is 4.44. The topological polar surface area (TPSA) is 27.7 Å². The van der Waals surface area contributed by atoms with Crippen LogP contribution in [0.2, 0.25) is 0 Å². The van der Waals surface area contributed by atoms with Crippen molar-refractivity contribution in [3.05, 3.63) is 60.2 Å². The Labute approximate surface area is 161 Å². The van der Waals surface area contributed by atoms with Crippen LogP contribution in [-0.2, 0) is 11.2 Å². The Morgan fingerprint density at radius 2 is 1.68 bits per heavy atom. The van der Waals surface area contributed by atoms with Gasteiger partial charge in [-0.1, -0.05) is 36.4 Å². The van der Waals surface area contributed by atoms with E-state index < -0.39 is 12.6 Å². The van der Waals surface area contributed by atoms with Crippen molar-refractivity contribution in [2.45, 2.75) is 19.0 Å². The second kappa shape index (κ2) is 8.52. The Morgan fingerprint density at radius 1 is 0.929 bits per heavy atom. The van der Waals surface area contributed by atoms with Crippen molar-refractivity contribution in [1.82, 2.24) is 0 Å². The molecule has 6 heteroatoms. The van der Waals surface area contributed by atoms with Crippen LogP contribution in [0.5, 0.6) is 11.5 Å². The fourth-order valence-electron chi connectivity index (χ4n) is 3.20. The second-order valence-electron chi connectivity index (χ2n) is 6.36. The summed E-state index contributed by atoms with van der Waals surface area (Å²) in [5.74, 6) is 1.13. The average molecular weight is 390 g/mol. The monoisotopic (exact) mass is 390 g/mol. The van der Waals surface area contributed by atoms with E-state index in [0.29, 0.717) is 22.6 Å².